The molecule has 0 aliphatic carbocycles. The third-order valence-electron chi connectivity index (χ3n) is 5.31. The molecule has 2 aromatic carbocycles. The molecule has 30 heavy (non-hydrogen) atoms. The van der Waals surface area contributed by atoms with Crippen molar-refractivity contribution in [3.05, 3.63) is 65.2 Å². The maximum atomic E-state index is 13.2. The van der Waals surface area contributed by atoms with Crippen molar-refractivity contribution in [2.45, 2.75) is 66.1 Å². The normalized spacial score (nSPS) is 12.7. The molecule has 2 aromatic rings. The highest BCUT2D eigenvalue weighted by atomic mass is 16.5. The predicted molar refractivity (Wildman–Crippen MR) is 120 cm³/mol. The van der Waals surface area contributed by atoms with E-state index in [1.54, 1.807) is 4.90 Å². The molecule has 0 bridgehead atoms. The second-order valence-electron chi connectivity index (χ2n) is 7.80. The number of nitrogens with zero attached hydrogens (tertiary/aromatic N) is 1. The number of hydrogen-bond donors (Lipinski definition) is 1. The van der Waals surface area contributed by atoms with Gasteiger partial charge in [-0.3, -0.25) is 9.59 Å². The Morgan fingerprint density at radius 1 is 1.00 bits per heavy atom. The summed E-state index contributed by atoms with van der Waals surface area (Å²) in [6.45, 7) is 10.1. The van der Waals surface area contributed by atoms with Gasteiger partial charge in [0, 0.05) is 12.6 Å². The highest BCUT2D eigenvalue weighted by molar-refractivity contribution is 5.88. The first-order valence-electron chi connectivity index (χ1n) is 10.7. The van der Waals surface area contributed by atoms with Gasteiger partial charge in [-0.25, -0.2) is 0 Å². The maximum absolute atomic E-state index is 13.2. The first-order valence-corrected chi connectivity index (χ1v) is 10.7. The van der Waals surface area contributed by atoms with Crippen LogP contribution in [0, 0.1) is 13.8 Å². The molecule has 0 spiro atoms. The standard InChI is InChI=1S/C25H34N2O3/c1-6-20(5)26-25(29)22(7-2)27(16-21-14-12-18(3)13-15-21)24(28)17-30-23-11-9-8-10-19(23)4/h8-15,20,22H,6-7,16-17H2,1-5H3,(H,26,29)/t20-,22-/m0/s1. The van der Waals surface area contributed by atoms with E-state index in [-0.39, 0.29) is 24.5 Å². The Labute approximate surface area is 180 Å². The van der Waals surface area contributed by atoms with E-state index < -0.39 is 6.04 Å². The first kappa shape index (κ1) is 23.5. The van der Waals surface area contributed by atoms with Crippen LogP contribution in [0.1, 0.15) is 50.3 Å². The van der Waals surface area contributed by atoms with Crippen molar-refractivity contribution in [2.24, 2.45) is 0 Å². The zero-order chi connectivity index (χ0) is 22.1. The van der Waals surface area contributed by atoms with E-state index in [0.29, 0.717) is 18.7 Å². The molecule has 0 heterocycles. The van der Waals surface area contributed by atoms with E-state index in [1.165, 1.54) is 0 Å². The molecule has 2 atom stereocenters. The molecule has 0 fully saturated rings. The summed E-state index contributed by atoms with van der Waals surface area (Å²) >= 11 is 0. The van der Waals surface area contributed by atoms with E-state index in [2.05, 4.69) is 5.32 Å². The molecular weight excluding hydrogens is 376 g/mol. The number of benzene rings is 2. The monoisotopic (exact) mass is 410 g/mol. The van der Waals surface area contributed by atoms with Crippen LogP contribution in [0.5, 0.6) is 5.75 Å². The van der Waals surface area contributed by atoms with E-state index in [4.69, 9.17) is 4.74 Å². The van der Waals surface area contributed by atoms with Crippen LogP contribution in [0.25, 0.3) is 0 Å². The van der Waals surface area contributed by atoms with Crippen LogP contribution in [0.2, 0.25) is 0 Å². The van der Waals surface area contributed by atoms with Crippen molar-refractivity contribution < 1.29 is 14.3 Å². The number of amides is 2. The molecule has 0 aliphatic heterocycles. The summed E-state index contributed by atoms with van der Waals surface area (Å²) < 4.78 is 5.79. The van der Waals surface area contributed by atoms with E-state index in [1.807, 2.05) is 83.1 Å². The lowest BCUT2D eigenvalue weighted by Crippen LogP contribution is -2.51. The van der Waals surface area contributed by atoms with Gasteiger partial charge in [-0.1, -0.05) is 61.9 Å². The zero-order valence-corrected chi connectivity index (χ0v) is 18.8. The first-order chi connectivity index (χ1) is 14.3. The van der Waals surface area contributed by atoms with Gasteiger partial charge in [-0.2, -0.15) is 0 Å². The molecule has 0 aliphatic rings. The van der Waals surface area contributed by atoms with Gasteiger partial charge in [0.1, 0.15) is 11.8 Å². The number of carbonyl (C=O) groups is 2. The highest BCUT2D eigenvalue weighted by Gasteiger charge is 2.29. The summed E-state index contributed by atoms with van der Waals surface area (Å²) in [7, 11) is 0. The summed E-state index contributed by atoms with van der Waals surface area (Å²) in [6, 6.07) is 15.1. The van der Waals surface area contributed by atoms with Crippen molar-refractivity contribution in [3.8, 4) is 5.75 Å². The Morgan fingerprint density at radius 2 is 1.67 bits per heavy atom. The number of para-hydroxylation sites is 1. The molecule has 0 radical (unpaired) electrons. The number of hydrogen-bond acceptors (Lipinski definition) is 3. The quantitative estimate of drug-likeness (QED) is 0.631. The Balaban J connectivity index is 2.21. The fourth-order valence-corrected chi connectivity index (χ4v) is 3.19. The SMILES string of the molecule is CC[C@H](C)NC(=O)[C@H](CC)N(Cc1ccc(C)cc1)C(=O)COc1ccccc1C. The summed E-state index contributed by atoms with van der Waals surface area (Å²) in [6.07, 6.45) is 1.37. The third kappa shape index (κ3) is 6.61. The molecule has 0 aromatic heterocycles. The average molecular weight is 411 g/mol. The molecular formula is C25H34N2O3. The molecule has 162 valence electrons. The summed E-state index contributed by atoms with van der Waals surface area (Å²) in [5.41, 5.74) is 3.11. The molecule has 2 rings (SSSR count). The zero-order valence-electron chi connectivity index (χ0n) is 18.8. The second-order valence-corrected chi connectivity index (χ2v) is 7.80. The number of ether oxygens (including phenoxy) is 1. The summed E-state index contributed by atoms with van der Waals surface area (Å²) in [5.74, 6) is 0.353. The summed E-state index contributed by atoms with van der Waals surface area (Å²) in [5, 5.41) is 3.02. The number of rotatable bonds is 10. The van der Waals surface area contributed by atoms with Gasteiger partial charge in [0.15, 0.2) is 6.61 Å². The van der Waals surface area contributed by atoms with Crippen LogP contribution in [-0.4, -0.2) is 35.4 Å². The van der Waals surface area contributed by atoms with Gasteiger partial charge >= 0.3 is 0 Å². The molecule has 0 saturated heterocycles. The van der Waals surface area contributed by atoms with Gasteiger partial charge in [0.05, 0.1) is 0 Å². The summed E-state index contributed by atoms with van der Waals surface area (Å²) in [4.78, 5) is 27.7. The average Bonchev–Trinajstić information content (AvgIpc) is 2.74. The van der Waals surface area contributed by atoms with Crippen molar-refractivity contribution in [3.63, 3.8) is 0 Å². The lowest BCUT2D eigenvalue weighted by Gasteiger charge is -2.31. The van der Waals surface area contributed by atoms with E-state index >= 15 is 0 Å². The van der Waals surface area contributed by atoms with Crippen molar-refractivity contribution >= 4 is 11.8 Å². The Kier molecular flexibility index (Phi) is 8.90. The van der Waals surface area contributed by atoms with Crippen LogP contribution in [0.3, 0.4) is 0 Å². The Bertz CT molecular complexity index is 833. The lowest BCUT2D eigenvalue weighted by molar-refractivity contribution is -0.143. The van der Waals surface area contributed by atoms with Crippen LogP contribution in [0.15, 0.2) is 48.5 Å². The van der Waals surface area contributed by atoms with Gasteiger partial charge in [0.25, 0.3) is 5.91 Å². The smallest absolute Gasteiger partial charge is 0.261 e. The number of aryl methyl sites for hydroxylation is 2. The minimum Gasteiger partial charge on any atom is -0.484 e. The third-order valence-corrected chi connectivity index (χ3v) is 5.31. The van der Waals surface area contributed by atoms with Crippen LogP contribution in [0.4, 0.5) is 0 Å². The Morgan fingerprint density at radius 3 is 2.27 bits per heavy atom. The number of carbonyl (C=O) groups excluding carboxylic acids is 2. The largest absolute Gasteiger partial charge is 0.484 e. The van der Waals surface area contributed by atoms with Gasteiger partial charge in [-0.05, 0) is 50.8 Å². The molecule has 0 saturated carbocycles. The van der Waals surface area contributed by atoms with Crippen molar-refractivity contribution in [1.82, 2.24) is 10.2 Å². The van der Waals surface area contributed by atoms with Gasteiger partial charge in [0.2, 0.25) is 5.91 Å². The lowest BCUT2D eigenvalue weighted by atomic mass is 10.1. The molecule has 2 amide bonds. The maximum Gasteiger partial charge on any atom is 0.261 e. The fourth-order valence-electron chi connectivity index (χ4n) is 3.19. The van der Waals surface area contributed by atoms with Crippen molar-refractivity contribution in [2.75, 3.05) is 6.61 Å². The highest BCUT2D eigenvalue weighted by Crippen LogP contribution is 2.18. The predicted octanol–water partition coefficient (Wildman–Crippen LogP) is 4.40. The van der Waals surface area contributed by atoms with Crippen LogP contribution < -0.4 is 10.1 Å². The number of nitrogens with one attached hydrogen (secondary N) is 1. The van der Waals surface area contributed by atoms with Gasteiger partial charge in [-0.15, -0.1) is 0 Å². The molecule has 0 unspecified atom stereocenters. The minimum atomic E-state index is -0.548. The fraction of sp³-hybridized carbons (Fsp3) is 0.440. The topological polar surface area (TPSA) is 58.6 Å². The van der Waals surface area contributed by atoms with Crippen molar-refractivity contribution in [1.29, 1.82) is 0 Å². The molecule has 1 N–H and O–H groups in total. The molecule has 5 nitrogen and oxygen atoms in total. The van der Waals surface area contributed by atoms with E-state index in [0.717, 1.165) is 23.1 Å². The van der Waals surface area contributed by atoms with Gasteiger partial charge < -0.3 is 15.0 Å². The Hall–Kier alpha value is -2.82. The van der Waals surface area contributed by atoms with E-state index in [9.17, 15) is 9.59 Å². The molecule has 5 heteroatoms. The minimum absolute atomic E-state index is 0.0612. The van der Waals surface area contributed by atoms with Crippen LogP contribution >= 0.6 is 0 Å². The second kappa shape index (κ2) is 11.4. The van der Waals surface area contributed by atoms with Crippen LogP contribution in [-0.2, 0) is 16.1 Å².